The molecule has 0 bridgehead atoms. The number of carboxylic acids is 1. The molecule has 0 aliphatic carbocycles. The van der Waals surface area contributed by atoms with Gasteiger partial charge in [-0.1, -0.05) is 26.3 Å². The third-order valence-corrected chi connectivity index (χ3v) is 3.21. The van der Waals surface area contributed by atoms with Crippen LogP contribution < -0.4 is 16.0 Å². The summed E-state index contributed by atoms with van der Waals surface area (Å²) < 4.78 is 0. The zero-order chi connectivity index (χ0) is 16.7. The molecule has 1 aromatic rings. The van der Waals surface area contributed by atoms with Gasteiger partial charge in [-0.15, -0.1) is 0 Å². The van der Waals surface area contributed by atoms with E-state index in [9.17, 15) is 14.4 Å². The van der Waals surface area contributed by atoms with Gasteiger partial charge in [0.05, 0.1) is 0 Å². The maximum absolute atomic E-state index is 11.9. The Morgan fingerprint density at radius 1 is 1.18 bits per heavy atom. The number of carbonyl (C=O) groups excluding carboxylic acids is 2. The number of benzene rings is 1. The van der Waals surface area contributed by atoms with E-state index in [4.69, 9.17) is 5.11 Å². The Bertz CT molecular complexity index is 559. The molecule has 2 atom stereocenters. The second-order valence-corrected chi connectivity index (χ2v) is 5.06. The van der Waals surface area contributed by atoms with Crippen LogP contribution in [0.1, 0.15) is 27.2 Å². The first-order chi connectivity index (χ1) is 10.3. The van der Waals surface area contributed by atoms with Crippen molar-refractivity contribution in [1.29, 1.82) is 0 Å². The number of rotatable bonds is 6. The molecule has 0 radical (unpaired) electrons. The van der Waals surface area contributed by atoms with Gasteiger partial charge >= 0.3 is 12.0 Å². The molecule has 7 heteroatoms. The number of anilines is 2. The van der Waals surface area contributed by atoms with Gasteiger partial charge in [-0.3, -0.25) is 4.79 Å². The Hall–Kier alpha value is -2.57. The van der Waals surface area contributed by atoms with E-state index in [0.717, 1.165) is 0 Å². The highest BCUT2D eigenvalue weighted by Crippen LogP contribution is 2.15. The lowest BCUT2D eigenvalue weighted by Gasteiger charge is -2.20. The molecule has 0 saturated heterocycles. The SMILES string of the molecule is CC[C@@H](C)[C@H](NC(=O)Nc1cccc(NC(C)=O)c1)C(=O)O. The summed E-state index contributed by atoms with van der Waals surface area (Å²) >= 11 is 0. The largest absolute Gasteiger partial charge is 0.480 e. The van der Waals surface area contributed by atoms with Crippen LogP contribution in [0.2, 0.25) is 0 Å². The van der Waals surface area contributed by atoms with E-state index >= 15 is 0 Å². The molecule has 0 spiro atoms. The summed E-state index contributed by atoms with van der Waals surface area (Å²) in [6, 6.07) is 5.02. The molecular formula is C15H21N3O4. The van der Waals surface area contributed by atoms with Gasteiger partial charge in [0.25, 0.3) is 0 Å². The Morgan fingerprint density at radius 3 is 2.27 bits per heavy atom. The number of carboxylic acid groups (broad SMARTS) is 1. The predicted octanol–water partition coefficient (Wildman–Crippen LogP) is 2.27. The van der Waals surface area contributed by atoms with Gasteiger partial charge in [0.1, 0.15) is 6.04 Å². The molecule has 0 unspecified atom stereocenters. The summed E-state index contributed by atoms with van der Waals surface area (Å²) in [7, 11) is 0. The van der Waals surface area contributed by atoms with Crippen LogP contribution in [-0.2, 0) is 9.59 Å². The van der Waals surface area contributed by atoms with Crippen molar-refractivity contribution in [3.63, 3.8) is 0 Å². The average Bonchev–Trinajstić information content (AvgIpc) is 2.43. The van der Waals surface area contributed by atoms with Gasteiger partial charge in [-0.05, 0) is 24.1 Å². The number of hydrogen-bond donors (Lipinski definition) is 4. The summed E-state index contributed by atoms with van der Waals surface area (Å²) in [4.78, 5) is 34.1. The van der Waals surface area contributed by atoms with Crippen LogP contribution in [0.5, 0.6) is 0 Å². The first-order valence-corrected chi connectivity index (χ1v) is 7.01. The number of hydrogen-bond acceptors (Lipinski definition) is 3. The van der Waals surface area contributed by atoms with Gasteiger partial charge in [0.2, 0.25) is 5.91 Å². The van der Waals surface area contributed by atoms with E-state index in [-0.39, 0.29) is 11.8 Å². The van der Waals surface area contributed by atoms with Crippen LogP contribution in [-0.4, -0.2) is 29.1 Å². The maximum atomic E-state index is 11.9. The highest BCUT2D eigenvalue weighted by atomic mass is 16.4. The minimum atomic E-state index is -1.07. The molecule has 4 N–H and O–H groups in total. The fraction of sp³-hybridized carbons (Fsp3) is 0.400. The van der Waals surface area contributed by atoms with Crippen LogP contribution in [0, 0.1) is 5.92 Å². The molecule has 0 heterocycles. The van der Waals surface area contributed by atoms with E-state index in [1.807, 2.05) is 6.92 Å². The van der Waals surface area contributed by atoms with Gasteiger partial charge in [0.15, 0.2) is 0 Å². The van der Waals surface area contributed by atoms with Crippen LogP contribution >= 0.6 is 0 Å². The Morgan fingerprint density at radius 2 is 1.77 bits per heavy atom. The number of carbonyl (C=O) groups is 3. The second-order valence-electron chi connectivity index (χ2n) is 5.06. The first kappa shape index (κ1) is 17.5. The van der Waals surface area contributed by atoms with E-state index in [0.29, 0.717) is 17.8 Å². The molecule has 1 rings (SSSR count). The lowest BCUT2D eigenvalue weighted by atomic mass is 9.99. The molecule has 7 nitrogen and oxygen atoms in total. The number of urea groups is 1. The van der Waals surface area contributed by atoms with E-state index < -0.39 is 18.0 Å². The molecule has 0 saturated carbocycles. The highest BCUT2D eigenvalue weighted by molar-refractivity contribution is 5.94. The van der Waals surface area contributed by atoms with Crippen molar-refractivity contribution >= 4 is 29.3 Å². The smallest absolute Gasteiger partial charge is 0.326 e. The fourth-order valence-electron chi connectivity index (χ4n) is 1.87. The predicted molar refractivity (Wildman–Crippen MR) is 83.8 cm³/mol. The summed E-state index contributed by atoms with van der Waals surface area (Å²) in [6.45, 7) is 5.00. The molecular weight excluding hydrogens is 286 g/mol. The zero-order valence-electron chi connectivity index (χ0n) is 12.8. The number of amides is 3. The van der Waals surface area contributed by atoms with Gasteiger partial charge in [-0.25, -0.2) is 9.59 Å². The zero-order valence-corrected chi connectivity index (χ0v) is 12.8. The van der Waals surface area contributed by atoms with Gasteiger partial charge in [0, 0.05) is 18.3 Å². The van der Waals surface area contributed by atoms with Crippen molar-refractivity contribution in [3.05, 3.63) is 24.3 Å². The molecule has 0 fully saturated rings. The van der Waals surface area contributed by atoms with Crippen LogP contribution in [0.25, 0.3) is 0 Å². The van der Waals surface area contributed by atoms with Crippen LogP contribution in [0.15, 0.2) is 24.3 Å². The monoisotopic (exact) mass is 307 g/mol. The molecule has 22 heavy (non-hydrogen) atoms. The normalized spacial score (nSPS) is 12.9. The second kappa shape index (κ2) is 8.02. The van der Waals surface area contributed by atoms with E-state index in [2.05, 4.69) is 16.0 Å². The highest BCUT2D eigenvalue weighted by Gasteiger charge is 2.25. The van der Waals surface area contributed by atoms with Crippen LogP contribution in [0.3, 0.4) is 0 Å². The Balaban J connectivity index is 2.71. The third kappa shape index (κ3) is 5.43. The van der Waals surface area contributed by atoms with Gasteiger partial charge < -0.3 is 21.1 Å². The molecule has 3 amide bonds. The third-order valence-electron chi connectivity index (χ3n) is 3.21. The van der Waals surface area contributed by atoms with Crippen molar-refractivity contribution in [2.24, 2.45) is 5.92 Å². The van der Waals surface area contributed by atoms with Crippen molar-refractivity contribution in [2.75, 3.05) is 10.6 Å². The van der Waals surface area contributed by atoms with Gasteiger partial charge in [-0.2, -0.15) is 0 Å². The van der Waals surface area contributed by atoms with Crippen molar-refractivity contribution in [3.8, 4) is 0 Å². The summed E-state index contributed by atoms with van der Waals surface area (Å²) in [5.74, 6) is -1.48. The van der Waals surface area contributed by atoms with E-state index in [1.54, 1.807) is 31.2 Å². The van der Waals surface area contributed by atoms with Crippen molar-refractivity contribution < 1.29 is 19.5 Å². The van der Waals surface area contributed by atoms with Crippen molar-refractivity contribution in [2.45, 2.75) is 33.2 Å². The molecule has 1 aromatic carbocycles. The number of nitrogens with one attached hydrogen (secondary N) is 3. The topological polar surface area (TPSA) is 108 Å². The van der Waals surface area contributed by atoms with E-state index in [1.165, 1.54) is 6.92 Å². The van der Waals surface area contributed by atoms with Crippen LogP contribution in [0.4, 0.5) is 16.2 Å². The molecule has 0 aromatic heterocycles. The summed E-state index contributed by atoms with van der Waals surface area (Å²) in [5, 5.41) is 16.7. The Kier molecular flexibility index (Phi) is 6.37. The minimum Gasteiger partial charge on any atom is -0.480 e. The molecule has 0 aliphatic rings. The Labute approximate surface area is 129 Å². The lowest BCUT2D eigenvalue weighted by molar-refractivity contribution is -0.140. The maximum Gasteiger partial charge on any atom is 0.326 e. The summed E-state index contributed by atoms with van der Waals surface area (Å²) in [5.41, 5.74) is 0.999. The quantitative estimate of drug-likeness (QED) is 0.646. The fourth-order valence-corrected chi connectivity index (χ4v) is 1.87. The molecule has 120 valence electrons. The minimum absolute atomic E-state index is 0.186. The lowest BCUT2D eigenvalue weighted by Crippen LogP contribution is -2.46. The number of aliphatic carboxylic acids is 1. The molecule has 0 aliphatic heterocycles. The average molecular weight is 307 g/mol. The van der Waals surface area contributed by atoms with Crippen molar-refractivity contribution in [1.82, 2.24) is 5.32 Å². The summed E-state index contributed by atoms with van der Waals surface area (Å²) in [6.07, 6.45) is 0.634. The standard InChI is InChI=1S/C15H21N3O4/c1-4-9(2)13(14(20)21)18-15(22)17-12-7-5-6-11(8-12)16-10(3)19/h5-9,13H,4H2,1-3H3,(H,16,19)(H,20,21)(H2,17,18,22)/t9-,13+/m1/s1. The first-order valence-electron chi connectivity index (χ1n) is 7.01.